The molecule has 0 atom stereocenters. The summed E-state index contributed by atoms with van der Waals surface area (Å²) in [4.78, 5) is 2.04. The molecule has 1 aliphatic heterocycles. The maximum atomic E-state index is 13.3. The minimum absolute atomic E-state index is 0.0797. The van der Waals surface area contributed by atoms with Crippen LogP contribution in [0, 0.1) is 0 Å². The van der Waals surface area contributed by atoms with Gasteiger partial charge >= 0.3 is 0 Å². The zero-order chi connectivity index (χ0) is 15.2. The van der Waals surface area contributed by atoms with Gasteiger partial charge in [0, 0.05) is 31.6 Å². The highest BCUT2D eigenvalue weighted by molar-refractivity contribution is 5.59. The predicted molar refractivity (Wildman–Crippen MR) is 80.6 cm³/mol. The molecule has 1 saturated carbocycles. The number of phenols is 1. The van der Waals surface area contributed by atoms with Crippen LogP contribution in [-0.2, 0) is 0 Å². The third kappa shape index (κ3) is 2.99. The first-order valence-electron chi connectivity index (χ1n) is 7.87. The summed E-state index contributed by atoms with van der Waals surface area (Å²) in [7, 11) is 0. The number of anilines is 1. The SMILES string of the molecule is CC(C)c1cc(N2CCC(F)(F)CC2)cc(C2CC2)c1O. The number of hydrogen-bond donors (Lipinski definition) is 1. The van der Waals surface area contributed by atoms with E-state index in [1.165, 1.54) is 0 Å². The lowest BCUT2D eigenvalue weighted by atomic mass is 9.95. The Balaban J connectivity index is 1.91. The second kappa shape index (κ2) is 5.15. The van der Waals surface area contributed by atoms with Crippen molar-refractivity contribution < 1.29 is 13.9 Å². The van der Waals surface area contributed by atoms with Gasteiger partial charge in [0.25, 0.3) is 5.92 Å². The van der Waals surface area contributed by atoms with E-state index in [-0.39, 0.29) is 18.8 Å². The number of benzene rings is 1. The average molecular weight is 295 g/mol. The molecule has 0 unspecified atom stereocenters. The summed E-state index contributed by atoms with van der Waals surface area (Å²) in [6.45, 7) is 4.89. The lowest BCUT2D eigenvalue weighted by Crippen LogP contribution is -2.39. The van der Waals surface area contributed by atoms with Gasteiger partial charge in [0.05, 0.1) is 0 Å². The first-order valence-corrected chi connectivity index (χ1v) is 7.87. The molecule has 116 valence electrons. The molecule has 0 amide bonds. The Bertz CT molecular complexity index is 505. The molecular formula is C17H23F2NO. The fourth-order valence-corrected chi connectivity index (χ4v) is 3.08. The van der Waals surface area contributed by atoms with Gasteiger partial charge in [-0.3, -0.25) is 0 Å². The van der Waals surface area contributed by atoms with Gasteiger partial charge in [-0.2, -0.15) is 0 Å². The predicted octanol–water partition coefficient (Wildman–Crippen LogP) is 4.63. The van der Waals surface area contributed by atoms with Crippen LogP contribution in [0.2, 0.25) is 0 Å². The summed E-state index contributed by atoms with van der Waals surface area (Å²) in [5.74, 6) is -1.42. The van der Waals surface area contributed by atoms with Crippen molar-refractivity contribution in [1.82, 2.24) is 0 Å². The second-order valence-electron chi connectivity index (χ2n) is 6.74. The van der Waals surface area contributed by atoms with E-state index in [4.69, 9.17) is 0 Å². The normalized spacial score (nSPS) is 21.9. The van der Waals surface area contributed by atoms with Crippen molar-refractivity contribution in [2.75, 3.05) is 18.0 Å². The molecule has 0 radical (unpaired) electrons. The third-order valence-electron chi connectivity index (χ3n) is 4.65. The standard InChI is InChI=1S/C17H23F2NO/c1-11(2)14-9-13(10-15(16(14)21)12-3-4-12)20-7-5-17(18,19)6-8-20/h9-12,21H,3-8H2,1-2H3. The fraction of sp³-hybridized carbons (Fsp3) is 0.647. The molecule has 1 aromatic carbocycles. The highest BCUT2D eigenvalue weighted by Gasteiger charge is 2.35. The van der Waals surface area contributed by atoms with Crippen LogP contribution in [0.5, 0.6) is 5.75 Å². The molecule has 0 aromatic heterocycles. The number of alkyl halides is 2. The number of hydrogen-bond acceptors (Lipinski definition) is 2. The molecule has 1 aliphatic carbocycles. The maximum Gasteiger partial charge on any atom is 0.251 e. The van der Waals surface area contributed by atoms with Crippen LogP contribution in [0.15, 0.2) is 12.1 Å². The lowest BCUT2D eigenvalue weighted by molar-refractivity contribution is -0.0220. The second-order valence-corrected chi connectivity index (χ2v) is 6.74. The first-order chi connectivity index (χ1) is 9.87. The topological polar surface area (TPSA) is 23.5 Å². The van der Waals surface area contributed by atoms with Crippen LogP contribution >= 0.6 is 0 Å². The van der Waals surface area contributed by atoms with Gasteiger partial charge in [-0.15, -0.1) is 0 Å². The highest BCUT2D eigenvalue weighted by atomic mass is 19.3. The van der Waals surface area contributed by atoms with Crippen molar-refractivity contribution in [2.45, 2.75) is 57.3 Å². The van der Waals surface area contributed by atoms with Gasteiger partial charge in [-0.05, 0) is 47.9 Å². The fourth-order valence-electron chi connectivity index (χ4n) is 3.08. The van der Waals surface area contributed by atoms with Crippen LogP contribution in [0.4, 0.5) is 14.5 Å². The molecule has 21 heavy (non-hydrogen) atoms. The Labute approximate surface area is 124 Å². The van der Waals surface area contributed by atoms with Gasteiger partial charge in [-0.1, -0.05) is 13.8 Å². The van der Waals surface area contributed by atoms with Gasteiger partial charge in [0.2, 0.25) is 0 Å². The summed E-state index contributed by atoms with van der Waals surface area (Å²) >= 11 is 0. The number of piperidine rings is 1. The molecule has 1 aromatic rings. The molecule has 2 nitrogen and oxygen atoms in total. The smallest absolute Gasteiger partial charge is 0.251 e. The number of halogens is 2. The van der Waals surface area contributed by atoms with Crippen molar-refractivity contribution in [2.24, 2.45) is 0 Å². The Kier molecular flexibility index (Phi) is 3.58. The van der Waals surface area contributed by atoms with Crippen molar-refractivity contribution >= 4 is 5.69 Å². The molecular weight excluding hydrogens is 272 g/mol. The summed E-state index contributed by atoms with van der Waals surface area (Å²) in [6.07, 6.45) is 2.08. The van der Waals surface area contributed by atoms with Crippen LogP contribution in [0.1, 0.15) is 62.5 Å². The van der Waals surface area contributed by atoms with E-state index in [1.807, 2.05) is 17.0 Å². The van der Waals surface area contributed by atoms with E-state index in [2.05, 4.69) is 13.8 Å². The maximum absolute atomic E-state index is 13.3. The minimum Gasteiger partial charge on any atom is -0.507 e. The van der Waals surface area contributed by atoms with Crippen molar-refractivity contribution in [3.05, 3.63) is 23.3 Å². The van der Waals surface area contributed by atoms with Crippen LogP contribution < -0.4 is 4.90 Å². The van der Waals surface area contributed by atoms with Gasteiger partial charge in [-0.25, -0.2) is 8.78 Å². The molecule has 2 aliphatic rings. The first kappa shape index (κ1) is 14.6. The lowest BCUT2D eigenvalue weighted by Gasteiger charge is -2.34. The van der Waals surface area contributed by atoms with E-state index in [9.17, 15) is 13.9 Å². The molecule has 1 N–H and O–H groups in total. The molecule has 0 bridgehead atoms. The van der Waals surface area contributed by atoms with Crippen molar-refractivity contribution in [3.8, 4) is 5.75 Å². The summed E-state index contributed by atoms with van der Waals surface area (Å²) < 4.78 is 26.6. The minimum atomic E-state index is -2.52. The highest BCUT2D eigenvalue weighted by Crippen LogP contribution is 2.48. The molecule has 2 fully saturated rings. The summed E-state index contributed by atoms with van der Waals surface area (Å²) in [5.41, 5.74) is 2.94. The Morgan fingerprint density at radius 1 is 1.19 bits per heavy atom. The average Bonchev–Trinajstić information content (AvgIpc) is 3.23. The van der Waals surface area contributed by atoms with Crippen LogP contribution in [-0.4, -0.2) is 24.1 Å². The number of nitrogens with zero attached hydrogens (tertiary/aromatic N) is 1. The van der Waals surface area contributed by atoms with Gasteiger partial charge in [0.1, 0.15) is 5.75 Å². The zero-order valence-corrected chi connectivity index (χ0v) is 12.7. The van der Waals surface area contributed by atoms with Crippen molar-refractivity contribution in [3.63, 3.8) is 0 Å². The quantitative estimate of drug-likeness (QED) is 0.879. The zero-order valence-electron chi connectivity index (χ0n) is 12.7. The number of aromatic hydroxyl groups is 1. The van der Waals surface area contributed by atoms with Gasteiger partial charge in [0.15, 0.2) is 0 Å². The Morgan fingerprint density at radius 2 is 1.81 bits per heavy atom. The molecule has 3 rings (SSSR count). The third-order valence-corrected chi connectivity index (χ3v) is 4.65. The number of rotatable bonds is 3. The van der Waals surface area contributed by atoms with E-state index >= 15 is 0 Å². The van der Waals surface area contributed by atoms with E-state index in [0.29, 0.717) is 24.8 Å². The van der Waals surface area contributed by atoms with Crippen molar-refractivity contribution in [1.29, 1.82) is 0 Å². The molecule has 1 saturated heterocycles. The molecule has 4 heteroatoms. The van der Waals surface area contributed by atoms with Crippen LogP contribution in [0.3, 0.4) is 0 Å². The van der Waals surface area contributed by atoms with Crippen LogP contribution in [0.25, 0.3) is 0 Å². The van der Waals surface area contributed by atoms with Gasteiger partial charge < -0.3 is 10.0 Å². The van der Waals surface area contributed by atoms with E-state index < -0.39 is 5.92 Å². The monoisotopic (exact) mass is 295 g/mol. The van der Waals surface area contributed by atoms with E-state index in [0.717, 1.165) is 29.7 Å². The van der Waals surface area contributed by atoms with E-state index in [1.54, 1.807) is 0 Å². The Hall–Kier alpha value is -1.32. The summed E-state index contributed by atoms with van der Waals surface area (Å²) in [5, 5.41) is 10.4. The largest absolute Gasteiger partial charge is 0.507 e. The summed E-state index contributed by atoms with van der Waals surface area (Å²) in [6, 6.07) is 4.00. The molecule has 1 heterocycles. The Morgan fingerprint density at radius 3 is 2.33 bits per heavy atom. The number of phenolic OH excluding ortho intramolecular Hbond substituents is 1. The molecule has 0 spiro atoms.